The van der Waals surface area contributed by atoms with E-state index in [1.807, 2.05) is 11.3 Å². The van der Waals surface area contributed by atoms with Gasteiger partial charge in [-0.2, -0.15) is 0 Å². The Balaban J connectivity index is 1.87. The lowest BCUT2D eigenvalue weighted by molar-refractivity contribution is 0.416. The number of ether oxygens (including phenoxy) is 1. The number of hydrogen-bond donors (Lipinski definition) is 1. The van der Waals surface area contributed by atoms with Gasteiger partial charge in [0, 0.05) is 9.58 Å². The van der Waals surface area contributed by atoms with Crippen LogP contribution in [-0.4, -0.2) is 7.11 Å². The number of rotatable bonds is 4. The first kappa shape index (κ1) is 14.0. The Labute approximate surface area is 129 Å². The Bertz CT molecular complexity index is 730. The van der Waals surface area contributed by atoms with Crippen molar-refractivity contribution in [3.63, 3.8) is 0 Å². The van der Waals surface area contributed by atoms with E-state index in [0.29, 0.717) is 0 Å². The highest BCUT2D eigenvalue weighted by molar-refractivity contribution is 7.19. The first-order chi connectivity index (χ1) is 10.2. The van der Waals surface area contributed by atoms with Gasteiger partial charge in [0.2, 0.25) is 0 Å². The molecule has 0 spiro atoms. The summed E-state index contributed by atoms with van der Waals surface area (Å²) in [4.78, 5) is 1.33. The molecule has 2 aromatic carbocycles. The average Bonchev–Trinajstić information content (AvgIpc) is 2.93. The summed E-state index contributed by atoms with van der Waals surface area (Å²) in [6, 6.07) is 17.2. The van der Waals surface area contributed by atoms with E-state index < -0.39 is 0 Å². The molecule has 0 aliphatic carbocycles. The lowest BCUT2D eigenvalue weighted by atomic mass is 10.1. The normalized spacial score (nSPS) is 12.3. The van der Waals surface area contributed by atoms with Gasteiger partial charge in [-0.15, -0.1) is 11.3 Å². The first-order valence-corrected chi connectivity index (χ1v) is 7.88. The van der Waals surface area contributed by atoms with Crippen molar-refractivity contribution in [2.75, 3.05) is 12.4 Å². The van der Waals surface area contributed by atoms with E-state index >= 15 is 0 Å². The Morgan fingerprint density at radius 2 is 1.90 bits per heavy atom. The molecule has 3 rings (SSSR count). The van der Waals surface area contributed by atoms with E-state index in [1.54, 1.807) is 7.11 Å². The van der Waals surface area contributed by atoms with Crippen molar-refractivity contribution in [3.05, 3.63) is 59.0 Å². The van der Waals surface area contributed by atoms with Crippen molar-refractivity contribution in [2.24, 2.45) is 0 Å². The molecule has 0 aliphatic heterocycles. The summed E-state index contributed by atoms with van der Waals surface area (Å²) in [7, 11) is 1.71. The van der Waals surface area contributed by atoms with Gasteiger partial charge in [0.15, 0.2) is 0 Å². The fourth-order valence-electron chi connectivity index (χ4n) is 2.44. The van der Waals surface area contributed by atoms with Crippen molar-refractivity contribution >= 4 is 27.1 Å². The number of anilines is 1. The second kappa shape index (κ2) is 5.78. The summed E-state index contributed by atoms with van der Waals surface area (Å²) >= 11 is 1.84. The molecule has 3 aromatic rings. The molecule has 108 valence electrons. The third-order valence-corrected chi connectivity index (χ3v) is 4.90. The predicted molar refractivity (Wildman–Crippen MR) is 91.6 cm³/mol. The van der Waals surface area contributed by atoms with Crippen LogP contribution in [0.25, 0.3) is 10.1 Å². The van der Waals surface area contributed by atoms with Crippen molar-refractivity contribution in [2.45, 2.75) is 19.9 Å². The summed E-state index contributed by atoms with van der Waals surface area (Å²) < 4.78 is 6.79. The fourth-order valence-corrected chi connectivity index (χ4v) is 3.50. The third-order valence-electron chi connectivity index (χ3n) is 3.60. The van der Waals surface area contributed by atoms with Crippen LogP contribution >= 0.6 is 11.3 Å². The molecule has 21 heavy (non-hydrogen) atoms. The van der Waals surface area contributed by atoms with Crippen molar-refractivity contribution in [1.82, 2.24) is 0 Å². The molecule has 1 atom stereocenters. The Morgan fingerprint density at radius 1 is 1.10 bits per heavy atom. The van der Waals surface area contributed by atoms with Crippen molar-refractivity contribution in [1.29, 1.82) is 0 Å². The maximum Gasteiger partial charge on any atom is 0.142 e. The van der Waals surface area contributed by atoms with E-state index in [0.717, 1.165) is 11.4 Å². The molecule has 1 N–H and O–H groups in total. The highest BCUT2D eigenvalue weighted by Crippen LogP contribution is 2.34. The Hall–Kier alpha value is -2.00. The summed E-state index contributed by atoms with van der Waals surface area (Å²) in [6.45, 7) is 4.26. The highest BCUT2D eigenvalue weighted by Gasteiger charge is 2.12. The van der Waals surface area contributed by atoms with Crippen LogP contribution in [0.1, 0.15) is 23.4 Å². The van der Waals surface area contributed by atoms with E-state index in [-0.39, 0.29) is 6.04 Å². The zero-order valence-electron chi connectivity index (χ0n) is 12.5. The standard InChI is InChI=1S/C18H19NOS/c1-12-8-9-15(16(10-12)20-3)19-13(2)18-11-14-6-4-5-7-17(14)21-18/h4-11,13,19H,1-3H3. The molecule has 2 nitrogen and oxygen atoms in total. The van der Waals surface area contributed by atoms with Crippen LogP contribution in [0.3, 0.4) is 0 Å². The maximum absolute atomic E-state index is 5.46. The van der Waals surface area contributed by atoms with Gasteiger partial charge in [0.05, 0.1) is 18.8 Å². The molecule has 1 heterocycles. The quantitative estimate of drug-likeness (QED) is 0.697. The average molecular weight is 297 g/mol. The molecular weight excluding hydrogens is 278 g/mol. The molecule has 0 saturated heterocycles. The van der Waals surface area contributed by atoms with Crippen LogP contribution < -0.4 is 10.1 Å². The molecule has 0 aliphatic rings. The number of benzene rings is 2. The smallest absolute Gasteiger partial charge is 0.142 e. The third kappa shape index (κ3) is 2.88. The van der Waals surface area contributed by atoms with Gasteiger partial charge in [-0.1, -0.05) is 24.3 Å². The van der Waals surface area contributed by atoms with Gasteiger partial charge < -0.3 is 10.1 Å². The van der Waals surface area contributed by atoms with Crippen LogP contribution in [0.15, 0.2) is 48.5 Å². The van der Waals surface area contributed by atoms with E-state index in [4.69, 9.17) is 4.74 Å². The maximum atomic E-state index is 5.46. The monoisotopic (exact) mass is 297 g/mol. The molecule has 0 fully saturated rings. The zero-order chi connectivity index (χ0) is 14.8. The molecule has 1 unspecified atom stereocenters. The molecule has 0 amide bonds. The number of hydrogen-bond acceptors (Lipinski definition) is 3. The second-order valence-electron chi connectivity index (χ2n) is 5.26. The predicted octanol–water partition coefficient (Wildman–Crippen LogP) is 5.39. The number of thiophene rings is 1. The minimum Gasteiger partial charge on any atom is -0.495 e. The van der Waals surface area contributed by atoms with Crippen LogP contribution in [-0.2, 0) is 0 Å². The van der Waals surface area contributed by atoms with Gasteiger partial charge in [-0.05, 0) is 49.1 Å². The van der Waals surface area contributed by atoms with Gasteiger partial charge in [0.25, 0.3) is 0 Å². The van der Waals surface area contributed by atoms with Crippen LogP contribution in [0.2, 0.25) is 0 Å². The van der Waals surface area contributed by atoms with Crippen LogP contribution in [0.5, 0.6) is 5.75 Å². The zero-order valence-corrected chi connectivity index (χ0v) is 13.3. The minimum atomic E-state index is 0.249. The van der Waals surface area contributed by atoms with E-state index in [9.17, 15) is 0 Å². The number of nitrogens with one attached hydrogen (secondary N) is 1. The molecule has 0 saturated carbocycles. The summed E-state index contributed by atoms with van der Waals surface area (Å²) in [5.41, 5.74) is 2.24. The molecule has 1 aromatic heterocycles. The second-order valence-corrected chi connectivity index (χ2v) is 6.37. The Kier molecular flexibility index (Phi) is 3.84. The summed E-state index contributed by atoms with van der Waals surface area (Å²) in [5, 5.41) is 4.86. The highest BCUT2D eigenvalue weighted by atomic mass is 32.1. The van der Waals surface area contributed by atoms with Crippen molar-refractivity contribution in [3.8, 4) is 5.75 Å². The number of methoxy groups -OCH3 is 1. The van der Waals surface area contributed by atoms with Crippen LogP contribution in [0, 0.1) is 6.92 Å². The summed E-state index contributed by atoms with van der Waals surface area (Å²) in [6.07, 6.45) is 0. The number of aryl methyl sites for hydroxylation is 1. The fraction of sp³-hybridized carbons (Fsp3) is 0.222. The largest absolute Gasteiger partial charge is 0.495 e. The van der Waals surface area contributed by atoms with Gasteiger partial charge in [-0.3, -0.25) is 0 Å². The SMILES string of the molecule is COc1cc(C)ccc1NC(C)c1cc2ccccc2s1. The molecule has 0 radical (unpaired) electrons. The minimum absolute atomic E-state index is 0.249. The lowest BCUT2D eigenvalue weighted by Gasteiger charge is -2.16. The molecule has 3 heteroatoms. The molecule has 0 bridgehead atoms. The van der Waals surface area contributed by atoms with E-state index in [1.165, 1.54) is 20.5 Å². The van der Waals surface area contributed by atoms with Crippen molar-refractivity contribution < 1.29 is 4.74 Å². The molecular formula is C18H19NOS. The summed E-state index contributed by atoms with van der Waals surface area (Å²) in [5.74, 6) is 0.892. The Morgan fingerprint density at radius 3 is 2.67 bits per heavy atom. The van der Waals surface area contributed by atoms with Gasteiger partial charge >= 0.3 is 0 Å². The van der Waals surface area contributed by atoms with Crippen LogP contribution in [0.4, 0.5) is 5.69 Å². The van der Waals surface area contributed by atoms with E-state index in [2.05, 4.69) is 67.7 Å². The van der Waals surface area contributed by atoms with Gasteiger partial charge in [0.1, 0.15) is 5.75 Å². The topological polar surface area (TPSA) is 21.3 Å². The van der Waals surface area contributed by atoms with Gasteiger partial charge in [-0.25, -0.2) is 0 Å². The lowest BCUT2D eigenvalue weighted by Crippen LogP contribution is -2.06. The number of fused-ring (bicyclic) bond motifs is 1. The first-order valence-electron chi connectivity index (χ1n) is 7.07.